The maximum Gasteiger partial charge on any atom is 0.410 e. The van der Waals surface area contributed by atoms with Gasteiger partial charge in [-0.2, -0.15) is 0 Å². The second-order valence-corrected chi connectivity index (χ2v) is 6.92. The van der Waals surface area contributed by atoms with Crippen LogP contribution in [-0.2, 0) is 16.1 Å². The van der Waals surface area contributed by atoms with E-state index >= 15 is 0 Å². The highest BCUT2D eigenvalue weighted by Crippen LogP contribution is 2.28. The Morgan fingerprint density at radius 2 is 1.91 bits per heavy atom. The third-order valence-electron chi connectivity index (χ3n) is 3.90. The molecule has 4 heteroatoms. The number of amides is 1. The molecular weight excluding hydrogens is 278 g/mol. The van der Waals surface area contributed by atoms with Gasteiger partial charge in [0.05, 0.1) is 18.8 Å². The molecule has 122 valence electrons. The van der Waals surface area contributed by atoms with Gasteiger partial charge in [-0.3, -0.25) is 0 Å². The minimum absolute atomic E-state index is 0.0812. The minimum Gasteiger partial charge on any atom is -0.444 e. The Balaban J connectivity index is 1.91. The van der Waals surface area contributed by atoms with Crippen LogP contribution in [0.5, 0.6) is 0 Å². The highest BCUT2D eigenvalue weighted by Gasteiger charge is 2.35. The van der Waals surface area contributed by atoms with E-state index < -0.39 is 5.60 Å². The lowest BCUT2D eigenvalue weighted by Gasteiger charge is -2.31. The lowest BCUT2D eigenvalue weighted by Crippen LogP contribution is -2.44. The zero-order valence-corrected chi connectivity index (χ0v) is 14.0. The fourth-order valence-corrected chi connectivity index (χ4v) is 2.79. The maximum atomic E-state index is 12.2. The predicted octanol–water partition coefficient (Wildman–Crippen LogP) is 3.99. The molecule has 1 saturated carbocycles. The molecule has 0 bridgehead atoms. The molecule has 0 spiro atoms. The van der Waals surface area contributed by atoms with E-state index in [0.717, 1.165) is 24.8 Å². The second-order valence-electron chi connectivity index (χ2n) is 6.92. The third kappa shape index (κ3) is 4.73. The maximum absolute atomic E-state index is 12.2. The number of benzene rings is 1. The number of carbonyl (C=O) groups excluding carboxylic acids is 1. The van der Waals surface area contributed by atoms with Crippen molar-refractivity contribution in [2.75, 3.05) is 7.05 Å². The molecule has 1 amide bonds. The molecule has 0 aliphatic heterocycles. The van der Waals surface area contributed by atoms with Crippen molar-refractivity contribution in [3.63, 3.8) is 0 Å². The minimum atomic E-state index is -0.468. The molecular formula is C18H27NO3. The Labute approximate surface area is 133 Å². The summed E-state index contributed by atoms with van der Waals surface area (Å²) in [4.78, 5) is 13.9. The van der Waals surface area contributed by atoms with Gasteiger partial charge >= 0.3 is 6.09 Å². The molecule has 0 heterocycles. The molecule has 1 aromatic carbocycles. The zero-order chi connectivity index (χ0) is 16.2. The van der Waals surface area contributed by atoms with E-state index in [1.807, 2.05) is 46.0 Å². The van der Waals surface area contributed by atoms with Gasteiger partial charge in [-0.25, -0.2) is 4.79 Å². The van der Waals surface area contributed by atoms with Gasteiger partial charge in [0.2, 0.25) is 0 Å². The Kier molecular flexibility index (Phi) is 5.46. The molecule has 0 N–H and O–H groups in total. The average Bonchev–Trinajstić information content (AvgIpc) is 2.92. The summed E-state index contributed by atoms with van der Waals surface area (Å²) in [6, 6.07) is 10.2. The van der Waals surface area contributed by atoms with Crippen molar-refractivity contribution in [2.45, 2.75) is 64.4 Å². The van der Waals surface area contributed by atoms with E-state index in [2.05, 4.69) is 12.1 Å². The number of nitrogens with zero attached hydrogens (tertiary/aromatic N) is 1. The van der Waals surface area contributed by atoms with Gasteiger partial charge in [0.15, 0.2) is 0 Å². The first-order valence-electron chi connectivity index (χ1n) is 7.98. The number of carbonyl (C=O) groups is 1. The predicted molar refractivity (Wildman–Crippen MR) is 86.7 cm³/mol. The average molecular weight is 305 g/mol. The smallest absolute Gasteiger partial charge is 0.410 e. The van der Waals surface area contributed by atoms with Crippen LogP contribution in [0.3, 0.4) is 0 Å². The Morgan fingerprint density at radius 1 is 1.23 bits per heavy atom. The van der Waals surface area contributed by atoms with Crippen LogP contribution in [-0.4, -0.2) is 35.8 Å². The first kappa shape index (κ1) is 16.8. The van der Waals surface area contributed by atoms with Crippen LogP contribution in [0.1, 0.15) is 45.6 Å². The van der Waals surface area contributed by atoms with Crippen molar-refractivity contribution in [2.24, 2.45) is 0 Å². The Hall–Kier alpha value is -1.55. The molecule has 1 aliphatic carbocycles. The van der Waals surface area contributed by atoms with Crippen LogP contribution >= 0.6 is 0 Å². The summed E-state index contributed by atoms with van der Waals surface area (Å²) in [5.41, 5.74) is 0.692. The van der Waals surface area contributed by atoms with E-state index in [4.69, 9.17) is 9.47 Å². The SMILES string of the molecule is CN(C(=O)OC(C)(C)C)C1CCC[C@@H]1OCc1ccccc1. The van der Waals surface area contributed by atoms with Crippen LogP contribution in [0.25, 0.3) is 0 Å². The standard InChI is InChI=1S/C18H27NO3/c1-18(2,3)22-17(20)19(4)15-11-8-12-16(15)21-13-14-9-6-5-7-10-14/h5-7,9-10,15-16H,8,11-13H2,1-4H3/t15?,16-/m0/s1. The molecule has 0 saturated heterocycles. The van der Waals surface area contributed by atoms with Crippen molar-refractivity contribution < 1.29 is 14.3 Å². The molecule has 1 unspecified atom stereocenters. The first-order valence-corrected chi connectivity index (χ1v) is 7.98. The fourth-order valence-electron chi connectivity index (χ4n) is 2.79. The van der Waals surface area contributed by atoms with Crippen molar-refractivity contribution in [3.05, 3.63) is 35.9 Å². The topological polar surface area (TPSA) is 38.8 Å². The lowest BCUT2D eigenvalue weighted by atomic mass is 10.2. The van der Waals surface area contributed by atoms with Crippen molar-refractivity contribution in [3.8, 4) is 0 Å². The summed E-state index contributed by atoms with van der Waals surface area (Å²) in [5, 5.41) is 0. The van der Waals surface area contributed by atoms with Gasteiger partial charge < -0.3 is 14.4 Å². The van der Waals surface area contributed by atoms with E-state index in [-0.39, 0.29) is 18.2 Å². The fraction of sp³-hybridized carbons (Fsp3) is 0.611. The number of likely N-dealkylation sites (N-methyl/N-ethyl adjacent to an activating group) is 1. The van der Waals surface area contributed by atoms with E-state index in [1.165, 1.54) is 0 Å². The summed E-state index contributed by atoms with van der Waals surface area (Å²) >= 11 is 0. The summed E-state index contributed by atoms with van der Waals surface area (Å²) in [6.07, 6.45) is 2.85. The van der Waals surface area contributed by atoms with E-state index in [9.17, 15) is 4.79 Å². The quantitative estimate of drug-likeness (QED) is 0.844. The van der Waals surface area contributed by atoms with Crippen LogP contribution in [0.2, 0.25) is 0 Å². The van der Waals surface area contributed by atoms with Gasteiger partial charge in [-0.05, 0) is 45.6 Å². The molecule has 1 fully saturated rings. The summed E-state index contributed by atoms with van der Waals surface area (Å²) < 4.78 is 11.5. The van der Waals surface area contributed by atoms with Crippen molar-refractivity contribution in [1.29, 1.82) is 0 Å². The monoisotopic (exact) mass is 305 g/mol. The molecule has 4 nitrogen and oxygen atoms in total. The van der Waals surface area contributed by atoms with Gasteiger partial charge in [0.25, 0.3) is 0 Å². The Bertz CT molecular complexity index is 481. The van der Waals surface area contributed by atoms with Crippen LogP contribution in [0, 0.1) is 0 Å². The largest absolute Gasteiger partial charge is 0.444 e. The molecule has 1 aliphatic rings. The van der Waals surface area contributed by atoms with Crippen molar-refractivity contribution >= 4 is 6.09 Å². The molecule has 2 rings (SSSR count). The van der Waals surface area contributed by atoms with Gasteiger partial charge in [-0.1, -0.05) is 30.3 Å². The normalized spacial score (nSPS) is 21.6. The molecule has 1 aromatic rings. The van der Waals surface area contributed by atoms with E-state index in [0.29, 0.717) is 6.61 Å². The second kappa shape index (κ2) is 7.14. The number of ether oxygens (including phenoxy) is 2. The molecule has 22 heavy (non-hydrogen) atoms. The van der Waals surface area contributed by atoms with Gasteiger partial charge in [0.1, 0.15) is 5.60 Å². The van der Waals surface area contributed by atoms with Gasteiger partial charge in [0, 0.05) is 7.05 Å². The summed E-state index contributed by atoms with van der Waals surface area (Å²) in [5.74, 6) is 0. The van der Waals surface area contributed by atoms with Gasteiger partial charge in [-0.15, -0.1) is 0 Å². The first-order chi connectivity index (χ1) is 10.4. The van der Waals surface area contributed by atoms with Crippen molar-refractivity contribution in [1.82, 2.24) is 4.90 Å². The molecule has 0 aromatic heterocycles. The zero-order valence-electron chi connectivity index (χ0n) is 14.0. The highest BCUT2D eigenvalue weighted by molar-refractivity contribution is 5.68. The van der Waals surface area contributed by atoms with E-state index in [1.54, 1.807) is 4.90 Å². The number of hydrogen-bond acceptors (Lipinski definition) is 3. The third-order valence-corrected chi connectivity index (χ3v) is 3.90. The summed E-state index contributed by atoms with van der Waals surface area (Å²) in [6.45, 7) is 6.24. The number of rotatable bonds is 4. The summed E-state index contributed by atoms with van der Waals surface area (Å²) in [7, 11) is 1.81. The van der Waals surface area contributed by atoms with Crippen LogP contribution in [0.4, 0.5) is 4.79 Å². The molecule has 0 radical (unpaired) electrons. The Morgan fingerprint density at radius 3 is 2.55 bits per heavy atom. The molecule has 2 atom stereocenters. The highest BCUT2D eigenvalue weighted by atomic mass is 16.6. The van der Waals surface area contributed by atoms with Crippen LogP contribution in [0.15, 0.2) is 30.3 Å². The number of hydrogen-bond donors (Lipinski definition) is 0. The lowest BCUT2D eigenvalue weighted by molar-refractivity contribution is -0.0192. The van der Waals surface area contributed by atoms with Crippen LogP contribution < -0.4 is 0 Å².